The van der Waals surface area contributed by atoms with Crippen molar-refractivity contribution >= 4 is 0 Å². The van der Waals surface area contributed by atoms with Gasteiger partial charge in [0.2, 0.25) is 0 Å². The van der Waals surface area contributed by atoms with Gasteiger partial charge >= 0.3 is 6.18 Å². The topological polar surface area (TPSA) is 32.7 Å². The summed E-state index contributed by atoms with van der Waals surface area (Å²) >= 11 is 0. The van der Waals surface area contributed by atoms with E-state index >= 15 is 0 Å². The molecule has 0 saturated heterocycles. The van der Waals surface area contributed by atoms with Crippen molar-refractivity contribution in [2.45, 2.75) is 49.9 Å². The molecule has 1 fully saturated rings. The van der Waals surface area contributed by atoms with Crippen LogP contribution in [0.3, 0.4) is 0 Å². The number of methoxy groups -OCH3 is 1. The molecule has 3 rings (SSSR count). The predicted octanol–water partition coefficient (Wildman–Crippen LogP) is 5.48. The molecule has 1 N–H and O–H groups in total. The normalized spacial score (nSPS) is 23.4. The lowest BCUT2D eigenvalue weighted by Crippen LogP contribution is -2.48. The van der Waals surface area contributed by atoms with Crippen LogP contribution in [0.2, 0.25) is 0 Å². The molecule has 0 amide bonds. The zero-order chi connectivity index (χ0) is 21.9. The zero-order valence-corrected chi connectivity index (χ0v) is 17.7. The van der Waals surface area contributed by atoms with Gasteiger partial charge in [-0.3, -0.25) is 0 Å². The highest BCUT2D eigenvalue weighted by Crippen LogP contribution is 2.45. The molecule has 3 atom stereocenters. The SMILES string of the molecule is COc1cccc(CC2(O)CCCCC2C(c2ccc(C(F)(F)F)cc2)N(C)C)c1. The minimum Gasteiger partial charge on any atom is -0.497 e. The van der Waals surface area contributed by atoms with Gasteiger partial charge in [0.15, 0.2) is 0 Å². The number of halogens is 3. The van der Waals surface area contributed by atoms with E-state index in [4.69, 9.17) is 4.74 Å². The van der Waals surface area contributed by atoms with Crippen LogP contribution in [-0.4, -0.2) is 36.8 Å². The number of aliphatic hydroxyl groups is 1. The molecule has 0 spiro atoms. The van der Waals surface area contributed by atoms with Crippen molar-refractivity contribution in [2.75, 3.05) is 21.2 Å². The molecule has 30 heavy (non-hydrogen) atoms. The Hall–Kier alpha value is -2.05. The molecule has 1 saturated carbocycles. The first-order valence-electron chi connectivity index (χ1n) is 10.3. The van der Waals surface area contributed by atoms with E-state index < -0.39 is 17.3 Å². The minimum atomic E-state index is -4.36. The smallest absolute Gasteiger partial charge is 0.416 e. The first-order chi connectivity index (χ1) is 14.1. The van der Waals surface area contributed by atoms with E-state index in [1.54, 1.807) is 19.2 Å². The summed E-state index contributed by atoms with van der Waals surface area (Å²) in [5.41, 5.74) is 0.194. The van der Waals surface area contributed by atoms with Crippen LogP contribution in [-0.2, 0) is 12.6 Å². The third kappa shape index (κ3) is 4.98. The van der Waals surface area contributed by atoms with Crippen molar-refractivity contribution in [3.8, 4) is 5.75 Å². The Kier molecular flexibility index (Phi) is 6.78. The maximum atomic E-state index is 13.0. The van der Waals surface area contributed by atoms with Gasteiger partial charge in [0, 0.05) is 18.4 Å². The van der Waals surface area contributed by atoms with Crippen molar-refractivity contribution in [2.24, 2.45) is 5.92 Å². The maximum absolute atomic E-state index is 13.0. The number of nitrogens with zero attached hydrogens (tertiary/aromatic N) is 1. The van der Waals surface area contributed by atoms with Crippen LogP contribution in [0.25, 0.3) is 0 Å². The van der Waals surface area contributed by atoms with Gasteiger partial charge in [0.1, 0.15) is 5.75 Å². The average molecular weight is 422 g/mol. The van der Waals surface area contributed by atoms with Gasteiger partial charge in [-0.1, -0.05) is 37.1 Å². The van der Waals surface area contributed by atoms with E-state index in [9.17, 15) is 18.3 Å². The molecule has 0 bridgehead atoms. The molecule has 1 aliphatic carbocycles. The molecule has 0 aromatic heterocycles. The van der Waals surface area contributed by atoms with Gasteiger partial charge in [-0.15, -0.1) is 0 Å². The molecule has 3 nitrogen and oxygen atoms in total. The summed E-state index contributed by atoms with van der Waals surface area (Å²) < 4.78 is 44.3. The maximum Gasteiger partial charge on any atom is 0.416 e. The highest BCUT2D eigenvalue weighted by Gasteiger charge is 2.44. The van der Waals surface area contributed by atoms with Crippen LogP contribution in [0.15, 0.2) is 48.5 Å². The second-order valence-corrected chi connectivity index (χ2v) is 8.51. The van der Waals surface area contributed by atoms with Gasteiger partial charge in [0.05, 0.1) is 18.3 Å². The fraction of sp³-hybridized carbons (Fsp3) is 0.500. The summed E-state index contributed by atoms with van der Waals surface area (Å²) in [5, 5.41) is 11.8. The van der Waals surface area contributed by atoms with Gasteiger partial charge in [-0.05, 0) is 62.3 Å². The molecule has 0 aliphatic heterocycles. The average Bonchev–Trinajstić information content (AvgIpc) is 2.69. The summed E-state index contributed by atoms with van der Waals surface area (Å²) in [4.78, 5) is 2.01. The molecule has 2 aromatic carbocycles. The Morgan fingerprint density at radius 1 is 1.13 bits per heavy atom. The molecule has 0 radical (unpaired) electrons. The van der Waals surface area contributed by atoms with Crippen molar-refractivity contribution in [1.82, 2.24) is 4.90 Å². The van der Waals surface area contributed by atoms with Crippen LogP contribution in [0.4, 0.5) is 13.2 Å². The Morgan fingerprint density at radius 3 is 2.43 bits per heavy atom. The highest BCUT2D eigenvalue weighted by atomic mass is 19.4. The summed E-state index contributed by atoms with van der Waals surface area (Å²) in [6, 6.07) is 12.9. The number of hydrogen-bond donors (Lipinski definition) is 1. The molecular weight excluding hydrogens is 391 g/mol. The van der Waals surface area contributed by atoms with Gasteiger partial charge in [-0.2, -0.15) is 13.2 Å². The van der Waals surface area contributed by atoms with Crippen LogP contribution >= 0.6 is 0 Å². The number of hydrogen-bond acceptors (Lipinski definition) is 3. The zero-order valence-electron chi connectivity index (χ0n) is 17.7. The molecule has 164 valence electrons. The van der Waals surface area contributed by atoms with Crippen molar-refractivity contribution in [3.05, 3.63) is 65.2 Å². The Morgan fingerprint density at radius 2 is 1.83 bits per heavy atom. The minimum absolute atomic E-state index is 0.0933. The summed E-state index contributed by atoms with van der Waals surface area (Å²) in [5.74, 6) is 0.652. The van der Waals surface area contributed by atoms with Crippen LogP contribution in [0, 0.1) is 5.92 Å². The fourth-order valence-corrected chi connectivity index (χ4v) is 4.82. The quantitative estimate of drug-likeness (QED) is 0.670. The van der Waals surface area contributed by atoms with E-state index in [1.165, 1.54) is 0 Å². The monoisotopic (exact) mass is 421 g/mol. The van der Waals surface area contributed by atoms with E-state index in [0.717, 1.165) is 48.3 Å². The lowest BCUT2D eigenvalue weighted by molar-refractivity contribution is -0.137. The van der Waals surface area contributed by atoms with Gasteiger partial charge in [0.25, 0.3) is 0 Å². The lowest BCUT2D eigenvalue weighted by atomic mass is 9.67. The van der Waals surface area contributed by atoms with E-state index in [0.29, 0.717) is 12.8 Å². The van der Waals surface area contributed by atoms with E-state index in [-0.39, 0.29) is 12.0 Å². The first-order valence-corrected chi connectivity index (χ1v) is 10.3. The van der Waals surface area contributed by atoms with Crippen LogP contribution in [0.5, 0.6) is 5.75 Å². The van der Waals surface area contributed by atoms with Gasteiger partial charge in [-0.25, -0.2) is 0 Å². The summed E-state index contributed by atoms with van der Waals surface area (Å²) in [6.45, 7) is 0. The van der Waals surface area contributed by atoms with E-state index in [2.05, 4.69) is 0 Å². The van der Waals surface area contributed by atoms with Crippen LogP contribution < -0.4 is 4.74 Å². The second-order valence-electron chi connectivity index (χ2n) is 8.51. The Balaban J connectivity index is 1.92. The molecule has 6 heteroatoms. The van der Waals surface area contributed by atoms with E-state index in [1.807, 2.05) is 43.3 Å². The number of benzene rings is 2. The summed E-state index contributed by atoms with van der Waals surface area (Å²) in [6.07, 6.45) is -0.450. The lowest BCUT2D eigenvalue weighted by Gasteiger charge is -2.46. The fourth-order valence-electron chi connectivity index (χ4n) is 4.82. The molecule has 2 aromatic rings. The molecule has 3 unspecified atom stereocenters. The number of rotatable bonds is 6. The van der Waals surface area contributed by atoms with Gasteiger partial charge < -0.3 is 14.7 Å². The van der Waals surface area contributed by atoms with Crippen molar-refractivity contribution in [1.29, 1.82) is 0 Å². The predicted molar refractivity (Wildman–Crippen MR) is 111 cm³/mol. The first kappa shape index (κ1) is 22.6. The molecule has 0 heterocycles. The number of ether oxygens (including phenoxy) is 1. The third-order valence-corrected chi connectivity index (χ3v) is 6.23. The molecule has 1 aliphatic rings. The van der Waals surface area contributed by atoms with Crippen molar-refractivity contribution < 1.29 is 23.0 Å². The second kappa shape index (κ2) is 8.98. The van der Waals surface area contributed by atoms with Crippen molar-refractivity contribution in [3.63, 3.8) is 0 Å². The largest absolute Gasteiger partial charge is 0.497 e. The Labute approximate surface area is 176 Å². The summed E-state index contributed by atoms with van der Waals surface area (Å²) in [7, 11) is 5.45. The standard InChI is InChI=1S/C24H30F3NO2/c1-28(2)22(18-10-12-19(13-11-18)24(25,26)27)21-9-4-5-14-23(21,29)16-17-7-6-8-20(15-17)30-3/h6-8,10-13,15,21-22,29H,4-5,9,14,16H2,1-3H3. The van der Waals surface area contributed by atoms with Crippen LogP contribution in [0.1, 0.15) is 48.4 Å². The molecular formula is C24H30F3NO2. The number of alkyl halides is 3. The third-order valence-electron chi connectivity index (χ3n) is 6.23. The highest BCUT2D eigenvalue weighted by molar-refractivity contribution is 5.31. The Bertz CT molecular complexity index is 835.